The lowest BCUT2D eigenvalue weighted by Gasteiger charge is -2.20. The second-order valence-corrected chi connectivity index (χ2v) is 3.98. The molecule has 0 unspecified atom stereocenters. The van der Waals surface area contributed by atoms with E-state index in [1.54, 1.807) is 7.11 Å². The Labute approximate surface area is 95.4 Å². The highest BCUT2D eigenvalue weighted by Gasteiger charge is 2.22. The van der Waals surface area contributed by atoms with Crippen molar-refractivity contribution in [2.75, 3.05) is 20.3 Å². The molecule has 1 aromatic rings. The van der Waals surface area contributed by atoms with Gasteiger partial charge in [-0.3, -0.25) is 4.79 Å². The summed E-state index contributed by atoms with van der Waals surface area (Å²) in [5.74, 6) is 1.14. The van der Waals surface area contributed by atoms with Crippen LogP contribution in [0.5, 0.6) is 5.75 Å². The van der Waals surface area contributed by atoms with E-state index in [0.29, 0.717) is 13.2 Å². The Morgan fingerprint density at radius 3 is 2.44 bits per heavy atom. The van der Waals surface area contributed by atoms with Crippen molar-refractivity contribution in [2.24, 2.45) is 5.92 Å². The van der Waals surface area contributed by atoms with Crippen LogP contribution in [-0.2, 0) is 4.74 Å². The lowest BCUT2D eigenvalue weighted by atomic mass is 9.91. The third-order valence-electron chi connectivity index (χ3n) is 2.97. The predicted molar refractivity (Wildman–Crippen MR) is 60.9 cm³/mol. The van der Waals surface area contributed by atoms with Crippen LogP contribution in [0.1, 0.15) is 23.2 Å². The number of Topliss-reactive ketones (excluding diaryl/α,β-unsaturated/α-hetero) is 1. The van der Waals surface area contributed by atoms with Crippen LogP contribution in [-0.4, -0.2) is 26.1 Å². The maximum absolute atomic E-state index is 12.1. The number of carbonyl (C=O) groups excluding carboxylic acids is 1. The molecule has 16 heavy (non-hydrogen) atoms. The number of hydrogen-bond acceptors (Lipinski definition) is 3. The second kappa shape index (κ2) is 5.12. The molecule has 3 heteroatoms. The maximum Gasteiger partial charge on any atom is 0.166 e. The highest BCUT2D eigenvalue weighted by atomic mass is 16.5. The molecule has 0 aliphatic carbocycles. The summed E-state index contributed by atoms with van der Waals surface area (Å²) in [4.78, 5) is 12.1. The quantitative estimate of drug-likeness (QED) is 0.733. The minimum absolute atomic E-state index is 0.127. The molecule has 1 aliphatic rings. The van der Waals surface area contributed by atoms with Crippen LogP contribution in [0.4, 0.5) is 0 Å². The van der Waals surface area contributed by atoms with E-state index in [0.717, 1.165) is 24.2 Å². The molecule has 1 fully saturated rings. The standard InChI is InChI=1S/C13H16O3/c1-15-12-4-2-10(3-5-12)13(14)11-6-8-16-9-7-11/h2-5,11H,6-9H2,1H3. The van der Waals surface area contributed by atoms with Crippen LogP contribution in [0.25, 0.3) is 0 Å². The molecule has 0 bridgehead atoms. The molecule has 3 nitrogen and oxygen atoms in total. The van der Waals surface area contributed by atoms with Gasteiger partial charge in [0.15, 0.2) is 5.78 Å². The number of ketones is 1. The fourth-order valence-electron chi connectivity index (χ4n) is 1.95. The molecule has 0 amide bonds. The van der Waals surface area contributed by atoms with Gasteiger partial charge in [0.2, 0.25) is 0 Å². The Hall–Kier alpha value is -1.35. The van der Waals surface area contributed by atoms with Gasteiger partial charge in [-0.25, -0.2) is 0 Å². The van der Waals surface area contributed by atoms with Gasteiger partial charge in [0.25, 0.3) is 0 Å². The van der Waals surface area contributed by atoms with Crippen molar-refractivity contribution in [3.8, 4) is 5.75 Å². The van der Waals surface area contributed by atoms with E-state index in [-0.39, 0.29) is 11.7 Å². The topological polar surface area (TPSA) is 35.5 Å². The zero-order valence-electron chi connectivity index (χ0n) is 9.44. The molecule has 1 saturated heterocycles. The van der Waals surface area contributed by atoms with Gasteiger partial charge in [0, 0.05) is 24.7 Å². The summed E-state index contributed by atoms with van der Waals surface area (Å²) in [6, 6.07) is 7.31. The lowest BCUT2D eigenvalue weighted by molar-refractivity contribution is 0.0545. The zero-order chi connectivity index (χ0) is 11.4. The Morgan fingerprint density at radius 2 is 1.88 bits per heavy atom. The second-order valence-electron chi connectivity index (χ2n) is 3.98. The van der Waals surface area contributed by atoms with Crippen LogP contribution in [0.3, 0.4) is 0 Å². The first-order chi connectivity index (χ1) is 7.81. The molecule has 0 N–H and O–H groups in total. The van der Waals surface area contributed by atoms with Gasteiger partial charge in [-0.1, -0.05) is 0 Å². The van der Waals surface area contributed by atoms with Crippen molar-refractivity contribution in [1.82, 2.24) is 0 Å². The molecule has 1 aromatic carbocycles. The largest absolute Gasteiger partial charge is 0.497 e. The summed E-state index contributed by atoms with van der Waals surface area (Å²) >= 11 is 0. The van der Waals surface area contributed by atoms with Crippen LogP contribution in [0.15, 0.2) is 24.3 Å². The lowest BCUT2D eigenvalue weighted by Crippen LogP contribution is -2.23. The summed E-state index contributed by atoms with van der Waals surface area (Å²) in [5.41, 5.74) is 0.771. The van der Waals surface area contributed by atoms with Crippen molar-refractivity contribution >= 4 is 5.78 Å². The zero-order valence-corrected chi connectivity index (χ0v) is 9.44. The molecular weight excluding hydrogens is 204 g/mol. The van der Waals surface area contributed by atoms with E-state index in [4.69, 9.17) is 9.47 Å². The fourth-order valence-corrected chi connectivity index (χ4v) is 1.95. The molecule has 1 aliphatic heterocycles. The van der Waals surface area contributed by atoms with Gasteiger partial charge in [-0.15, -0.1) is 0 Å². The smallest absolute Gasteiger partial charge is 0.166 e. The molecule has 0 saturated carbocycles. The fraction of sp³-hybridized carbons (Fsp3) is 0.462. The molecular formula is C13H16O3. The SMILES string of the molecule is COc1ccc(C(=O)C2CCOCC2)cc1. The van der Waals surface area contributed by atoms with Crippen LogP contribution in [0.2, 0.25) is 0 Å². The first-order valence-electron chi connectivity index (χ1n) is 5.57. The van der Waals surface area contributed by atoms with Gasteiger partial charge in [-0.05, 0) is 37.1 Å². The number of rotatable bonds is 3. The van der Waals surface area contributed by atoms with Gasteiger partial charge < -0.3 is 9.47 Å². The summed E-state index contributed by atoms with van der Waals surface area (Å²) in [7, 11) is 1.62. The average Bonchev–Trinajstić information content (AvgIpc) is 2.39. The van der Waals surface area contributed by atoms with Crippen molar-refractivity contribution < 1.29 is 14.3 Å². The highest BCUT2D eigenvalue weighted by molar-refractivity contribution is 5.97. The van der Waals surface area contributed by atoms with E-state index in [1.165, 1.54) is 0 Å². The van der Waals surface area contributed by atoms with E-state index in [2.05, 4.69) is 0 Å². The predicted octanol–water partition coefficient (Wildman–Crippen LogP) is 2.30. The monoisotopic (exact) mass is 220 g/mol. The van der Waals surface area contributed by atoms with Crippen molar-refractivity contribution in [2.45, 2.75) is 12.8 Å². The van der Waals surface area contributed by atoms with Gasteiger partial charge in [0.1, 0.15) is 5.75 Å². The molecule has 0 atom stereocenters. The van der Waals surface area contributed by atoms with E-state index >= 15 is 0 Å². The molecule has 2 rings (SSSR count). The minimum atomic E-state index is 0.127. The number of benzene rings is 1. The number of methoxy groups -OCH3 is 1. The molecule has 0 radical (unpaired) electrons. The minimum Gasteiger partial charge on any atom is -0.497 e. The maximum atomic E-state index is 12.1. The van der Waals surface area contributed by atoms with Crippen LogP contribution >= 0.6 is 0 Å². The third-order valence-corrected chi connectivity index (χ3v) is 2.97. The Kier molecular flexibility index (Phi) is 3.57. The summed E-state index contributed by atoms with van der Waals surface area (Å²) < 4.78 is 10.3. The van der Waals surface area contributed by atoms with E-state index in [1.807, 2.05) is 24.3 Å². The Balaban J connectivity index is 2.07. The molecule has 86 valence electrons. The first kappa shape index (κ1) is 11.1. The van der Waals surface area contributed by atoms with Crippen molar-refractivity contribution in [3.63, 3.8) is 0 Å². The Morgan fingerprint density at radius 1 is 1.25 bits per heavy atom. The number of ether oxygens (including phenoxy) is 2. The molecule has 1 heterocycles. The van der Waals surface area contributed by atoms with Gasteiger partial charge >= 0.3 is 0 Å². The first-order valence-corrected chi connectivity index (χ1v) is 5.57. The van der Waals surface area contributed by atoms with Crippen molar-refractivity contribution in [1.29, 1.82) is 0 Å². The van der Waals surface area contributed by atoms with Crippen molar-refractivity contribution in [3.05, 3.63) is 29.8 Å². The highest BCUT2D eigenvalue weighted by Crippen LogP contribution is 2.21. The van der Waals surface area contributed by atoms with E-state index in [9.17, 15) is 4.79 Å². The molecule has 0 spiro atoms. The summed E-state index contributed by atoms with van der Waals surface area (Å²) in [5, 5.41) is 0. The number of carbonyl (C=O) groups is 1. The third kappa shape index (κ3) is 2.42. The summed E-state index contributed by atoms with van der Waals surface area (Å²) in [6.45, 7) is 1.40. The van der Waals surface area contributed by atoms with Gasteiger partial charge in [-0.2, -0.15) is 0 Å². The molecule has 0 aromatic heterocycles. The Bertz CT molecular complexity index is 350. The van der Waals surface area contributed by atoms with Crippen LogP contribution < -0.4 is 4.74 Å². The van der Waals surface area contributed by atoms with Gasteiger partial charge in [0.05, 0.1) is 7.11 Å². The summed E-state index contributed by atoms with van der Waals surface area (Å²) in [6.07, 6.45) is 1.68. The normalized spacial score (nSPS) is 17.1. The number of hydrogen-bond donors (Lipinski definition) is 0. The van der Waals surface area contributed by atoms with E-state index < -0.39 is 0 Å². The average molecular weight is 220 g/mol. The van der Waals surface area contributed by atoms with Crippen LogP contribution in [0, 0.1) is 5.92 Å².